The van der Waals surface area contributed by atoms with Crippen LogP contribution in [0.5, 0.6) is 0 Å². The summed E-state index contributed by atoms with van der Waals surface area (Å²) in [5.74, 6) is 0.213. The van der Waals surface area contributed by atoms with Crippen LogP contribution in [0, 0.1) is 5.92 Å². The standard InChI is InChI=1S/C19H27N2O2S/c1-13(2)11-15(18(22)23-19(3,4)5)21(6)12-17-20-14-9-7-8-10-16(14)24-17/h7-10,12-13,15H,11H2,1-6H3/q+1. The van der Waals surface area contributed by atoms with Crippen LogP contribution < -0.4 is 0 Å². The molecule has 0 saturated carbocycles. The second kappa shape index (κ2) is 7.43. The number of hydrogen-bond acceptors (Lipinski definition) is 4. The Kier molecular flexibility index (Phi) is 5.75. The van der Waals surface area contributed by atoms with Gasteiger partial charge in [-0.3, -0.25) is 0 Å². The van der Waals surface area contributed by atoms with Gasteiger partial charge in [0.25, 0.3) is 0 Å². The highest BCUT2D eigenvalue weighted by atomic mass is 32.1. The molecule has 1 heterocycles. The van der Waals surface area contributed by atoms with Crippen molar-refractivity contribution in [3.8, 4) is 0 Å². The summed E-state index contributed by atoms with van der Waals surface area (Å²) in [5.41, 5.74) is 0.503. The number of thiazole rings is 1. The topological polar surface area (TPSA) is 42.2 Å². The van der Waals surface area contributed by atoms with Crippen molar-refractivity contribution in [2.24, 2.45) is 5.92 Å². The molecule has 24 heavy (non-hydrogen) atoms. The molecule has 0 aliphatic carbocycles. The number of carbonyl (C=O) groups is 1. The van der Waals surface area contributed by atoms with Crippen molar-refractivity contribution in [1.82, 2.24) is 4.98 Å². The van der Waals surface area contributed by atoms with Gasteiger partial charge in [0.2, 0.25) is 6.04 Å². The fourth-order valence-corrected chi connectivity index (χ4v) is 3.41. The quantitative estimate of drug-likeness (QED) is 0.464. The number of ether oxygens (including phenoxy) is 1. The van der Waals surface area contributed by atoms with Gasteiger partial charge < -0.3 is 4.74 Å². The molecule has 0 bridgehead atoms. The molecule has 5 heteroatoms. The molecule has 4 nitrogen and oxygen atoms in total. The molecule has 0 saturated heterocycles. The van der Waals surface area contributed by atoms with Crippen molar-refractivity contribution in [2.45, 2.75) is 52.7 Å². The van der Waals surface area contributed by atoms with Crippen LogP contribution in [0.1, 0.15) is 46.0 Å². The van der Waals surface area contributed by atoms with Crippen LogP contribution in [0.2, 0.25) is 0 Å². The minimum Gasteiger partial charge on any atom is -0.455 e. The molecule has 0 N–H and O–H groups in total. The SMILES string of the molecule is CC(C)CC(C(=O)OC(C)(C)C)[N+](C)=Cc1nc2ccccc2s1. The first kappa shape index (κ1) is 18.6. The number of hydrogen-bond donors (Lipinski definition) is 0. The summed E-state index contributed by atoms with van der Waals surface area (Å²) in [6, 6.07) is 7.75. The highest BCUT2D eigenvalue weighted by Crippen LogP contribution is 2.21. The Bertz CT molecular complexity index is 708. The van der Waals surface area contributed by atoms with Crippen LogP contribution in [0.25, 0.3) is 10.2 Å². The van der Waals surface area contributed by atoms with Gasteiger partial charge in [0, 0.05) is 6.42 Å². The number of benzene rings is 1. The number of rotatable bonds is 5. The lowest BCUT2D eigenvalue weighted by Gasteiger charge is -2.22. The zero-order valence-corrected chi connectivity index (χ0v) is 16.2. The average molecular weight is 348 g/mol. The molecular weight excluding hydrogens is 320 g/mol. The molecule has 2 rings (SSSR count). The summed E-state index contributed by atoms with van der Waals surface area (Å²) < 4.78 is 8.69. The summed E-state index contributed by atoms with van der Waals surface area (Å²) in [7, 11) is 1.92. The van der Waals surface area contributed by atoms with Crippen molar-refractivity contribution in [3.63, 3.8) is 0 Å². The molecule has 0 radical (unpaired) electrons. The minimum atomic E-state index is -0.483. The van der Waals surface area contributed by atoms with Crippen LogP contribution in [0.4, 0.5) is 0 Å². The third kappa shape index (κ3) is 5.13. The molecule has 1 atom stereocenters. The number of para-hydroxylation sites is 1. The predicted octanol–water partition coefficient (Wildman–Crippen LogP) is 4.11. The lowest BCUT2D eigenvalue weighted by molar-refractivity contribution is -0.524. The predicted molar refractivity (Wildman–Crippen MR) is 100 cm³/mol. The molecule has 2 aromatic rings. The molecule has 1 aromatic heterocycles. The van der Waals surface area contributed by atoms with Crippen LogP contribution in [0.15, 0.2) is 24.3 Å². The maximum atomic E-state index is 12.6. The first-order valence-electron chi connectivity index (χ1n) is 8.31. The van der Waals surface area contributed by atoms with E-state index in [2.05, 4.69) is 24.9 Å². The van der Waals surface area contributed by atoms with Gasteiger partial charge in [-0.2, -0.15) is 0 Å². The monoisotopic (exact) mass is 347 g/mol. The van der Waals surface area contributed by atoms with E-state index in [-0.39, 0.29) is 12.0 Å². The van der Waals surface area contributed by atoms with Gasteiger partial charge in [0.05, 0.1) is 10.2 Å². The van der Waals surface area contributed by atoms with Crippen LogP contribution >= 0.6 is 11.3 Å². The normalized spacial score (nSPS) is 14.2. The minimum absolute atomic E-state index is 0.184. The van der Waals surface area contributed by atoms with E-state index in [4.69, 9.17) is 4.74 Å². The Morgan fingerprint density at radius 2 is 2.00 bits per heavy atom. The second-order valence-electron chi connectivity index (χ2n) is 7.49. The summed E-state index contributed by atoms with van der Waals surface area (Å²) in [4.78, 5) is 17.2. The highest BCUT2D eigenvalue weighted by Gasteiger charge is 2.32. The molecule has 1 aromatic carbocycles. The lowest BCUT2D eigenvalue weighted by atomic mass is 10.0. The Balaban J connectivity index is 2.28. The molecule has 0 aliphatic rings. The first-order chi connectivity index (χ1) is 11.2. The van der Waals surface area contributed by atoms with Gasteiger partial charge >= 0.3 is 5.97 Å². The first-order valence-corrected chi connectivity index (χ1v) is 9.12. The highest BCUT2D eigenvalue weighted by molar-refractivity contribution is 7.20. The summed E-state index contributed by atoms with van der Waals surface area (Å²) in [5, 5.41) is 0.899. The number of fused-ring (bicyclic) bond motifs is 1. The van der Waals surface area contributed by atoms with Gasteiger partial charge in [0.15, 0.2) is 11.2 Å². The van der Waals surface area contributed by atoms with E-state index in [1.54, 1.807) is 11.3 Å². The maximum absolute atomic E-state index is 12.6. The number of aromatic nitrogens is 1. The van der Waals surface area contributed by atoms with Gasteiger partial charge in [0.1, 0.15) is 12.6 Å². The van der Waals surface area contributed by atoms with Gasteiger partial charge in [-0.15, -0.1) is 11.3 Å². The van der Waals surface area contributed by atoms with E-state index in [0.717, 1.165) is 21.6 Å². The fourth-order valence-electron chi connectivity index (χ4n) is 2.45. The number of carbonyl (C=O) groups excluding carboxylic acids is 1. The van der Waals surface area contributed by atoms with E-state index < -0.39 is 5.60 Å². The van der Waals surface area contributed by atoms with Gasteiger partial charge in [-0.1, -0.05) is 26.0 Å². The van der Waals surface area contributed by atoms with Gasteiger partial charge in [-0.25, -0.2) is 14.4 Å². The van der Waals surface area contributed by atoms with Gasteiger partial charge in [-0.05, 0) is 38.8 Å². The summed E-state index contributed by atoms with van der Waals surface area (Å²) in [6.45, 7) is 9.92. The molecule has 130 valence electrons. The Hall–Kier alpha value is -1.75. The molecule has 0 amide bonds. The van der Waals surface area contributed by atoms with Crippen molar-refractivity contribution in [2.75, 3.05) is 7.05 Å². The zero-order valence-electron chi connectivity index (χ0n) is 15.4. The van der Waals surface area contributed by atoms with Crippen molar-refractivity contribution in [3.05, 3.63) is 29.3 Å². The number of esters is 1. The smallest absolute Gasteiger partial charge is 0.375 e. The summed E-state index contributed by atoms with van der Waals surface area (Å²) in [6.07, 6.45) is 2.69. The molecule has 0 aliphatic heterocycles. The molecule has 1 unspecified atom stereocenters. The Labute approximate surface area is 148 Å². The Morgan fingerprint density at radius 1 is 1.33 bits per heavy atom. The molecule has 0 spiro atoms. The van der Waals surface area contributed by atoms with E-state index in [1.807, 2.05) is 56.8 Å². The number of likely N-dealkylation sites (N-methyl/N-ethyl adjacent to an activating group) is 1. The van der Waals surface area contributed by atoms with E-state index in [1.165, 1.54) is 0 Å². The fraction of sp³-hybridized carbons (Fsp3) is 0.526. The maximum Gasteiger partial charge on any atom is 0.375 e. The lowest BCUT2D eigenvalue weighted by Crippen LogP contribution is -2.39. The third-order valence-corrected chi connectivity index (χ3v) is 4.46. The van der Waals surface area contributed by atoms with Crippen LogP contribution in [0.3, 0.4) is 0 Å². The van der Waals surface area contributed by atoms with Crippen LogP contribution in [-0.2, 0) is 9.53 Å². The third-order valence-electron chi connectivity index (χ3n) is 3.49. The van der Waals surface area contributed by atoms with Crippen LogP contribution in [-0.4, -0.2) is 40.4 Å². The van der Waals surface area contributed by atoms with Crippen molar-refractivity contribution in [1.29, 1.82) is 0 Å². The van der Waals surface area contributed by atoms with E-state index in [9.17, 15) is 4.79 Å². The Morgan fingerprint density at radius 3 is 2.58 bits per heavy atom. The average Bonchev–Trinajstić information content (AvgIpc) is 2.84. The summed E-state index contributed by atoms with van der Waals surface area (Å²) >= 11 is 1.63. The van der Waals surface area contributed by atoms with Crippen molar-refractivity contribution < 1.29 is 14.1 Å². The zero-order chi connectivity index (χ0) is 17.9. The second-order valence-corrected chi connectivity index (χ2v) is 8.56. The van der Waals surface area contributed by atoms with Crippen molar-refractivity contribution >= 4 is 33.7 Å². The molecular formula is C19H27N2O2S+. The van der Waals surface area contributed by atoms with E-state index >= 15 is 0 Å². The van der Waals surface area contributed by atoms with E-state index in [0.29, 0.717) is 5.92 Å². The largest absolute Gasteiger partial charge is 0.455 e. The molecule has 0 fully saturated rings. The number of nitrogens with zero attached hydrogens (tertiary/aromatic N) is 2.